The minimum atomic E-state index is -0.927. The van der Waals surface area contributed by atoms with Crippen molar-refractivity contribution in [2.75, 3.05) is 13.1 Å². The summed E-state index contributed by atoms with van der Waals surface area (Å²) in [6.45, 7) is 0.507. The predicted molar refractivity (Wildman–Crippen MR) is 95.7 cm³/mol. The maximum Gasteiger partial charge on any atom is 0.292 e. The van der Waals surface area contributed by atoms with E-state index in [-0.39, 0.29) is 12.5 Å². The summed E-state index contributed by atoms with van der Waals surface area (Å²) in [5.41, 5.74) is 0.859. The first kappa shape index (κ1) is 17.8. The second kappa shape index (κ2) is 7.93. The number of aliphatic hydroxyl groups excluding tert-OH is 1. The number of benzene rings is 2. The molecule has 2 aromatic rings. The summed E-state index contributed by atoms with van der Waals surface area (Å²) in [5.74, 6) is -1.54. The molecule has 1 aliphatic heterocycles. The van der Waals surface area contributed by atoms with E-state index < -0.39 is 23.8 Å². The number of carbonyl (C=O) groups is 3. The monoisotopic (exact) mass is 352 g/mol. The number of hydrogen-bond acceptors (Lipinski definition) is 4. The lowest BCUT2D eigenvalue weighted by molar-refractivity contribution is -0.119. The van der Waals surface area contributed by atoms with Crippen LogP contribution in [0, 0.1) is 0 Å². The predicted octanol–water partition coefficient (Wildman–Crippen LogP) is 1.26. The Balaban J connectivity index is 1.58. The van der Waals surface area contributed by atoms with Crippen LogP contribution in [0.4, 0.5) is 0 Å². The zero-order valence-corrected chi connectivity index (χ0v) is 14.2. The first-order chi connectivity index (χ1) is 12.6. The Morgan fingerprint density at radius 1 is 0.923 bits per heavy atom. The molecule has 1 saturated heterocycles. The molecule has 2 atom stereocenters. The van der Waals surface area contributed by atoms with Crippen molar-refractivity contribution in [2.45, 2.75) is 18.6 Å². The molecule has 1 aliphatic rings. The van der Waals surface area contributed by atoms with E-state index in [9.17, 15) is 19.5 Å². The van der Waals surface area contributed by atoms with Crippen LogP contribution in [0.15, 0.2) is 60.7 Å². The van der Waals surface area contributed by atoms with E-state index in [0.29, 0.717) is 24.1 Å². The van der Waals surface area contributed by atoms with Crippen molar-refractivity contribution < 1.29 is 19.5 Å². The SMILES string of the molecule is O=C(N[C@@H]1CCN(C(=O)c2ccccc2)C[C@H]1O)C(=O)c1ccccc1. The largest absolute Gasteiger partial charge is 0.389 e. The fourth-order valence-electron chi connectivity index (χ4n) is 3.00. The van der Waals surface area contributed by atoms with Crippen LogP contribution < -0.4 is 5.32 Å². The number of likely N-dealkylation sites (tertiary alicyclic amines) is 1. The van der Waals surface area contributed by atoms with Crippen LogP contribution in [0.1, 0.15) is 27.1 Å². The van der Waals surface area contributed by atoms with Gasteiger partial charge in [-0.15, -0.1) is 0 Å². The molecule has 1 heterocycles. The first-order valence-corrected chi connectivity index (χ1v) is 8.49. The van der Waals surface area contributed by atoms with Gasteiger partial charge in [-0.1, -0.05) is 48.5 Å². The van der Waals surface area contributed by atoms with Crippen LogP contribution >= 0.6 is 0 Å². The van der Waals surface area contributed by atoms with Crippen LogP contribution in [-0.2, 0) is 4.79 Å². The Labute approximate surface area is 151 Å². The summed E-state index contributed by atoms with van der Waals surface area (Å²) in [6.07, 6.45) is -0.544. The number of Topliss-reactive ketones (excluding diaryl/α,β-unsaturated/α-hetero) is 1. The van der Waals surface area contributed by atoms with Gasteiger partial charge >= 0.3 is 0 Å². The molecule has 0 aliphatic carbocycles. The Hall–Kier alpha value is -2.99. The van der Waals surface area contributed by atoms with Crippen molar-refractivity contribution in [2.24, 2.45) is 0 Å². The maximum absolute atomic E-state index is 12.4. The van der Waals surface area contributed by atoms with Gasteiger partial charge in [-0.2, -0.15) is 0 Å². The van der Waals surface area contributed by atoms with Crippen molar-refractivity contribution in [1.29, 1.82) is 0 Å². The minimum absolute atomic E-state index is 0.109. The molecule has 6 nitrogen and oxygen atoms in total. The Morgan fingerprint density at radius 2 is 1.50 bits per heavy atom. The lowest BCUT2D eigenvalue weighted by Gasteiger charge is -2.36. The third kappa shape index (κ3) is 3.97. The number of β-amino-alcohol motifs (C(OH)–C–C–N with tert-alkyl or cyclic N) is 1. The highest BCUT2D eigenvalue weighted by molar-refractivity contribution is 6.42. The fourth-order valence-corrected chi connectivity index (χ4v) is 3.00. The minimum Gasteiger partial charge on any atom is -0.389 e. The van der Waals surface area contributed by atoms with Crippen LogP contribution in [-0.4, -0.2) is 52.8 Å². The molecule has 2 N–H and O–H groups in total. The van der Waals surface area contributed by atoms with Gasteiger partial charge in [0.2, 0.25) is 5.78 Å². The number of rotatable bonds is 4. The van der Waals surface area contributed by atoms with Crippen molar-refractivity contribution >= 4 is 17.6 Å². The molecule has 0 spiro atoms. The smallest absolute Gasteiger partial charge is 0.292 e. The van der Waals surface area contributed by atoms with Gasteiger partial charge in [0.25, 0.3) is 11.8 Å². The maximum atomic E-state index is 12.4. The number of nitrogens with zero attached hydrogens (tertiary/aromatic N) is 1. The summed E-state index contributed by atoms with van der Waals surface area (Å²) in [6, 6.07) is 16.6. The molecule has 6 heteroatoms. The highest BCUT2D eigenvalue weighted by Gasteiger charge is 2.32. The lowest BCUT2D eigenvalue weighted by atomic mass is 10.00. The third-order valence-electron chi connectivity index (χ3n) is 4.45. The van der Waals surface area contributed by atoms with Gasteiger partial charge in [0, 0.05) is 24.2 Å². The fraction of sp³-hybridized carbons (Fsp3) is 0.250. The van der Waals surface area contributed by atoms with Crippen LogP contribution in [0.5, 0.6) is 0 Å². The zero-order valence-electron chi connectivity index (χ0n) is 14.2. The average molecular weight is 352 g/mol. The van der Waals surface area contributed by atoms with Gasteiger partial charge in [-0.25, -0.2) is 0 Å². The van der Waals surface area contributed by atoms with Gasteiger partial charge in [0.05, 0.1) is 12.1 Å². The normalized spacial score (nSPS) is 19.7. The number of carbonyl (C=O) groups excluding carboxylic acids is 3. The zero-order chi connectivity index (χ0) is 18.5. The van der Waals surface area contributed by atoms with Crippen molar-refractivity contribution in [3.8, 4) is 0 Å². The van der Waals surface area contributed by atoms with Crippen molar-refractivity contribution in [1.82, 2.24) is 10.2 Å². The number of aliphatic hydroxyl groups is 1. The molecule has 0 saturated carbocycles. The number of piperidine rings is 1. The molecule has 1 fully saturated rings. The molecule has 3 rings (SSSR count). The van der Waals surface area contributed by atoms with Crippen LogP contribution in [0.3, 0.4) is 0 Å². The number of nitrogens with one attached hydrogen (secondary N) is 1. The summed E-state index contributed by atoms with van der Waals surface area (Å²) in [5, 5.41) is 12.9. The van der Waals surface area contributed by atoms with Gasteiger partial charge < -0.3 is 15.3 Å². The number of amides is 2. The molecular formula is C20H20N2O4. The highest BCUT2D eigenvalue weighted by Crippen LogP contribution is 2.15. The topological polar surface area (TPSA) is 86.7 Å². The second-order valence-corrected chi connectivity index (χ2v) is 6.25. The Bertz CT molecular complexity index is 792. The van der Waals surface area contributed by atoms with Crippen molar-refractivity contribution in [3.05, 3.63) is 71.8 Å². The van der Waals surface area contributed by atoms with E-state index in [1.807, 2.05) is 6.07 Å². The molecule has 2 amide bonds. The summed E-state index contributed by atoms with van der Waals surface area (Å²) < 4.78 is 0. The molecular weight excluding hydrogens is 332 g/mol. The molecule has 0 aromatic heterocycles. The van der Waals surface area contributed by atoms with Gasteiger partial charge in [0.1, 0.15) is 0 Å². The van der Waals surface area contributed by atoms with Crippen molar-refractivity contribution in [3.63, 3.8) is 0 Å². The molecule has 134 valence electrons. The van der Waals surface area contributed by atoms with Crippen LogP contribution in [0.2, 0.25) is 0 Å². The summed E-state index contributed by atoms with van der Waals surface area (Å²) >= 11 is 0. The van der Waals surface area contributed by atoms with Crippen LogP contribution in [0.25, 0.3) is 0 Å². The van der Waals surface area contributed by atoms with Gasteiger partial charge in [-0.05, 0) is 18.6 Å². The van der Waals surface area contributed by atoms with Gasteiger partial charge in [-0.3, -0.25) is 14.4 Å². The van der Waals surface area contributed by atoms with E-state index >= 15 is 0 Å². The molecule has 2 aromatic carbocycles. The summed E-state index contributed by atoms with van der Waals surface area (Å²) in [4.78, 5) is 38.3. The lowest BCUT2D eigenvalue weighted by Crippen LogP contribution is -2.56. The van der Waals surface area contributed by atoms with E-state index in [2.05, 4.69) is 5.32 Å². The van der Waals surface area contributed by atoms with E-state index in [1.54, 1.807) is 59.5 Å². The van der Waals surface area contributed by atoms with E-state index in [1.165, 1.54) is 0 Å². The van der Waals surface area contributed by atoms with E-state index in [0.717, 1.165) is 0 Å². The standard InChI is InChI=1S/C20H20N2O4/c23-17-13-22(20(26)15-9-5-2-6-10-15)12-11-16(17)21-19(25)18(24)14-7-3-1-4-8-14/h1-10,16-17,23H,11-13H2,(H,21,25)/t16-,17-/m1/s1. The third-order valence-corrected chi connectivity index (χ3v) is 4.45. The molecule has 0 bridgehead atoms. The van der Waals surface area contributed by atoms with Gasteiger partial charge in [0.15, 0.2) is 0 Å². The quantitative estimate of drug-likeness (QED) is 0.641. The highest BCUT2D eigenvalue weighted by atomic mass is 16.3. The van der Waals surface area contributed by atoms with E-state index in [4.69, 9.17) is 0 Å². The first-order valence-electron chi connectivity index (χ1n) is 8.49. The molecule has 26 heavy (non-hydrogen) atoms. The second-order valence-electron chi connectivity index (χ2n) is 6.25. The average Bonchev–Trinajstić information content (AvgIpc) is 2.69. The Morgan fingerprint density at radius 3 is 2.08 bits per heavy atom. The number of ketones is 1. The summed E-state index contributed by atoms with van der Waals surface area (Å²) in [7, 11) is 0. The Kier molecular flexibility index (Phi) is 5.43. The molecule has 0 unspecified atom stereocenters. The molecule has 0 radical (unpaired) electrons. The number of hydrogen-bond donors (Lipinski definition) is 2.